The Morgan fingerprint density at radius 1 is 1.14 bits per heavy atom. The maximum absolute atomic E-state index is 11.4. The van der Waals surface area contributed by atoms with E-state index in [1.807, 2.05) is 23.3 Å². The number of hydrogen-bond acceptors (Lipinski definition) is 4. The average molecular weight is 305 g/mol. The van der Waals surface area contributed by atoms with E-state index < -0.39 is 0 Å². The van der Waals surface area contributed by atoms with Gasteiger partial charge < -0.3 is 9.57 Å². The summed E-state index contributed by atoms with van der Waals surface area (Å²) in [5.74, 6) is -0.273. The fourth-order valence-electron chi connectivity index (χ4n) is 3.45. The first-order valence-corrected chi connectivity index (χ1v) is 7.85. The lowest BCUT2D eigenvalue weighted by atomic mass is 9.80. The van der Waals surface area contributed by atoms with Crippen molar-refractivity contribution < 1.29 is 14.4 Å². The van der Waals surface area contributed by atoms with Crippen LogP contribution in [-0.2, 0) is 21.0 Å². The Morgan fingerprint density at radius 2 is 1.68 bits per heavy atom. The van der Waals surface area contributed by atoms with Crippen molar-refractivity contribution in [2.45, 2.75) is 71.2 Å². The summed E-state index contributed by atoms with van der Waals surface area (Å²) in [7, 11) is 0. The predicted molar refractivity (Wildman–Crippen MR) is 86.0 cm³/mol. The molecule has 1 aromatic carbocycles. The van der Waals surface area contributed by atoms with E-state index in [4.69, 9.17) is 9.57 Å². The Bertz CT molecular complexity index is 492. The molecule has 0 N–H and O–H groups in total. The van der Waals surface area contributed by atoms with Gasteiger partial charge in [0.1, 0.15) is 0 Å². The summed E-state index contributed by atoms with van der Waals surface area (Å²) >= 11 is 0. The van der Waals surface area contributed by atoms with Gasteiger partial charge in [-0.15, -0.1) is 5.06 Å². The van der Waals surface area contributed by atoms with Gasteiger partial charge in [0.25, 0.3) is 0 Å². The first-order chi connectivity index (χ1) is 10.2. The predicted octanol–water partition coefficient (Wildman–Crippen LogP) is 3.70. The van der Waals surface area contributed by atoms with Gasteiger partial charge in [0.05, 0.1) is 23.8 Å². The number of hydrogen-bond donors (Lipinski definition) is 0. The minimum absolute atomic E-state index is 0.150. The number of ether oxygens (including phenoxy) is 1. The summed E-state index contributed by atoms with van der Waals surface area (Å²) in [6.07, 6.45) is 1.81. The zero-order valence-corrected chi connectivity index (χ0v) is 14.3. The van der Waals surface area contributed by atoms with Crippen LogP contribution in [0.15, 0.2) is 30.3 Å². The normalized spacial score (nSPS) is 21.5. The molecule has 1 saturated heterocycles. The Balaban J connectivity index is 2.03. The zero-order valence-electron chi connectivity index (χ0n) is 14.3. The SMILES string of the molecule is CC(=O)ON1C(C)(C)CC(OCc2ccccc2)CC1(C)C. The number of rotatable bonds is 4. The molecule has 1 aliphatic rings. The molecule has 0 unspecified atom stereocenters. The Morgan fingerprint density at radius 3 is 2.18 bits per heavy atom. The highest BCUT2D eigenvalue weighted by Gasteiger charge is 2.48. The van der Waals surface area contributed by atoms with Crippen LogP contribution in [-0.4, -0.2) is 28.2 Å². The van der Waals surface area contributed by atoms with Crippen LogP contribution < -0.4 is 0 Å². The van der Waals surface area contributed by atoms with Gasteiger partial charge >= 0.3 is 5.97 Å². The molecule has 1 heterocycles. The molecule has 122 valence electrons. The van der Waals surface area contributed by atoms with E-state index in [0.717, 1.165) is 12.8 Å². The summed E-state index contributed by atoms with van der Waals surface area (Å²) in [5.41, 5.74) is 0.671. The molecular formula is C18H27NO3. The van der Waals surface area contributed by atoms with E-state index in [1.54, 1.807) is 0 Å². The van der Waals surface area contributed by atoms with Crippen molar-refractivity contribution in [1.29, 1.82) is 0 Å². The molecule has 0 spiro atoms. The first-order valence-electron chi connectivity index (χ1n) is 7.85. The molecular weight excluding hydrogens is 278 g/mol. The number of piperidine rings is 1. The first kappa shape index (κ1) is 17.0. The second-order valence-electron chi connectivity index (χ2n) is 7.33. The van der Waals surface area contributed by atoms with E-state index in [0.29, 0.717) is 6.61 Å². The third kappa shape index (κ3) is 4.08. The van der Waals surface area contributed by atoms with Gasteiger partial charge in [-0.05, 0) is 46.1 Å². The number of nitrogens with zero attached hydrogens (tertiary/aromatic N) is 1. The van der Waals surface area contributed by atoms with E-state index >= 15 is 0 Å². The van der Waals surface area contributed by atoms with Crippen molar-refractivity contribution in [1.82, 2.24) is 5.06 Å². The van der Waals surface area contributed by atoms with Crippen LogP contribution in [0.25, 0.3) is 0 Å². The molecule has 0 aliphatic carbocycles. The fourth-order valence-corrected chi connectivity index (χ4v) is 3.45. The van der Waals surface area contributed by atoms with Crippen LogP contribution in [0.2, 0.25) is 0 Å². The standard InChI is InChI=1S/C18H27NO3/c1-14(20)22-19-17(2,3)11-16(12-18(19,4)5)21-13-15-9-7-6-8-10-15/h6-10,16H,11-13H2,1-5H3. The molecule has 0 radical (unpaired) electrons. The smallest absolute Gasteiger partial charge is 0.322 e. The molecule has 0 amide bonds. The van der Waals surface area contributed by atoms with E-state index in [9.17, 15) is 4.79 Å². The number of carbonyl (C=O) groups excluding carboxylic acids is 1. The van der Waals surface area contributed by atoms with E-state index in [2.05, 4.69) is 39.8 Å². The van der Waals surface area contributed by atoms with E-state index in [1.165, 1.54) is 12.5 Å². The molecule has 2 rings (SSSR count). The van der Waals surface area contributed by atoms with Crippen molar-refractivity contribution in [2.75, 3.05) is 0 Å². The third-order valence-electron chi connectivity index (χ3n) is 4.10. The molecule has 4 nitrogen and oxygen atoms in total. The molecule has 22 heavy (non-hydrogen) atoms. The van der Waals surface area contributed by atoms with Gasteiger partial charge in [0.2, 0.25) is 0 Å². The fraction of sp³-hybridized carbons (Fsp3) is 0.611. The molecule has 4 heteroatoms. The number of benzene rings is 1. The minimum atomic E-state index is -0.273. The van der Waals surface area contributed by atoms with Crippen LogP contribution in [0.3, 0.4) is 0 Å². The Labute approximate surface area is 133 Å². The van der Waals surface area contributed by atoms with Crippen molar-refractivity contribution in [2.24, 2.45) is 0 Å². The van der Waals surface area contributed by atoms with Crippen molar-refractivity contribution in [3.63, 3.8) is 0 Å². The van der Waals surface area contributed by atoms with Gasteiger partial charge in [-0.3, -0.25) is 4.79 Å². The molecule has 0 aromatic heterocycles. The molecule has 0 saturated carbocycles. The van der Waals surface area contributed by atoms with Crippen molar-refractivity contribution in [3.05, 3.63) is 35.9 Å². The largest absolute Gasteiger partial charge is 0.373 e. The maximum Gasteiger partial charge on any atom is 0.322 e. The number of hydroxylamine groups is 2. The lowest BCUT2D eigenvalue weighted by Gasteiger charge is -2.52. The van der Waals surface area contributed by atoms with Crippen LogP contribution in [0.4, 0.5) is 0 Å². The summed E-state index contributed by atoms with van der Waals surface area (Å²) in [6, 6.07) is 10.2. The molecule has 1 fully saturated rings. The van der Waals surface area contributed by atoms with Crippen LogP contribution in [0.1, 0.15) is 53.0 Å². The molecule has 1 aromatic rings. The Hall–Kier alpha value is -1.39. The van der Waals surface area contributed by atoms with Gasteiger partial charge in [0, 0.05) is 6.92 Å². The van der Waals surface area contributed by atoms with Crippen LogP contribution in [0, 0.1) is 0 Å². The highest BCUT2D eigenvalue weighted by Crippen LogP contribution is 2.40. The quantitative estimate of drug-likeness (QED) is 0.850. The van der Waals surface area contributed by atoms with Crippen LogP contribution >= 0.6 is 0 Å². The molecule has 0 atom stereocenters. The minimum Gasteiger partial charge on any atom is -0.373 e. The third-order valence-corrected chi connectivity index (χ3v) is 4.10. The van der Waals surface area contributed by atoms with Gasteiger partial charge in [-0.2, -0.15) is 0 Å². The maximum atomic E-state index is 11.4. The van der Waals surface area contributed by atoms with Gasteiger partial charge in [0.15, 0.2) is 0 Å². The van der Waals surface area contributed by atoms with E-state index in [-0.39, 0.29) is 23.2 Å². The lowest BCUT2D eigenvalue weighted by molar-refractivity contribution is -0.278. The van der Waals surface area contributed by atoms with Crippen molar-refractivity contribution >= 4 is 5.97 Å². The Kier molecular flexibility index (Phi) is 4.93. The summed E-state index contributed by atoms with van der Waals surface area (Å²) < 4.78 is 6.13. The second-order valence-corrected chi connectivity index (χ2v) is 7.33. The summed E-state index contributed by atoms with van der Waals surface area (Å²) in [6.45, 7) is 10.4. The van der Waals surface area contributed by atoms with Crippen LogP contribution in [0.5, 0.6) is 0 Å². The molecule has 0 bridgehead atoms. The molecule has 1 aliphatic heterocycles. The second kappa shape index (κ2) is 6.39. The highest BCUT2D eigenvalue weighted by molar-refractivity contribution is 5.65. The van der Waals surface area contributed by atoms with Gasteiger partial charge in [-0.1, -0.05) is 30.3 Å². The average Bonchev–Trinajstić information content (AvgIpc) is 2.41. The van der Waals surface area contributed by atoms with Gasteiger partial charge in [-0.25, -0.2) is 0 Å². The summed E-state index contributed by atoms with van der Waals surface area (Å²) in [4.78, 5) is 16.9. The number of carbonyl (C=O) groups is 1. The highest BCUT2D eigenvalue weighted by atomic mass is 16.7. The van der Waals surface area contributed by atoms with Crippen molar-refractivity contribution in [3.8, 4) is 0 Å². The summed E-state index contributed by atoms with van der Waals surface area (Å²) in [5, 5.41) is 1.84. The monoisotopic (exact) mass is 305 g/mol. The lowest BCUT2D eigenvalue weighted by Crippen LogP contribution is -2.62. The zero-order chi connectivity index (χ0) is 16.4. The topological polar surface area (TPSA) is 38.8 Å².